The van der Waals surface area contributed by atoms with E-state index in [1.54, 1.807) is 29.5 Å². The highest BCUT2D eigenvalue weighted by Crippen LogP contribution is 2.12. The fourth-order valence-electron chi connectivity index (χ4n) is 1.42. The van der Waals surface area contributed by atoms with E-state index in [0.717, 1.165) is 4.88 Å². The summed E-state index contributed by atoms with van der Waals surface area (Å²) in [5.41, 5.74) is 0.748. The van der Waals surface area contributed by atoms with Crippen LogP contribution in [0.2, 0.25) is 0 Å². The van der Waals surface area contributed by atoms with E-state index in [-0.39, 0.29) is 11.5 Å². The third kappa shape index (κ3) is 3.79. The summed E-state index contributed by atoms with van der Waals surface area (Å²) in [6.45, 7) is 0. The average molecular weight is 273 g/mol. The van der Waals surface area contributed by atoms with Crippen LogP contribution >= 0.6 is 11.3 Å². The lowest BCUT2D eigenvalue weighted by atomic mass is 10.2. The number of anilines is 1. The number of carbonyl (C=O) groups is 2. The summed E-state index contributed by atoms with van der Waals surface area (Å²) in [6.07, 6.45) is 3.17. The normalized spacial score (nSPS) is 10.5. The smallest absolute Gasteiger partial charge is 0.335 e. The summed E-state index contributed by atoms with van der Waals surface area (Å²) in [4.78, 5) is 23.3. The van der Waals surface area contributed by atoms with Crippen molar-refractivity contribution in [3.63, 3.8) is 0 Å². The van der Waals surface area contributed by atoms with Crippen LogP contribution in [-0.4, -0.2) is 17.0 Å². The lowest BCUT2D eigenvalue weighted by Gasteiger charge is -2.02. The van der Waals surface area contributed by atoms with Crippen LogP contribution < -0.4 is 5.32 Å². The van der Waals surface area contributed by atoms with Gasteiger partial charge in [0.05, 0.1) is 5.56 Å². The summed E-state index contributed by atoms with van der Waals surface area (Å²) in [6, 6.07) is 9.82. The number of carbonyl (C=O) groups excluding carboxylic acids is 1. The third-order valence-electron chi connectivity index (χ3n) is 2.34. The molecule has 1 aromatic heterocycles. The molecule has 19 heavy (non-hydrogen) atoms. The van der Waals surface area contributed by atoms with Gasteiger partial charge < -0.3 is 10.4 Å². The molecule has 0 aliphatic carbocycles. The number of benzene rings is 1. The van der Waals surface area contributed by atoms with E-state index in [0.29, 0.717) is 5.69 Å². The van der Waals surface area contributed by atoms with Crippen LogP contribution in [0.4, 0.5) is 5.69 Å². The Hall–Kier alpha value is -2.40. The molecule has 96 valence electrons. The highest BCUT2D eigenvalue weighted by atomic mass is 32.1. The summed E-state index contributed by atoms with van der Waals surface area (Å²) < 4.78 is 0. The molecule has 0 radical (unpaired) electrons. The van der Waals surface area contributed by atoms with Gasteiger partial charge in [-0.25, -0.2) is 4.79 Å². The zero-order valence-electron chi connectivity index (χ0n) is 9.87. The standard InChI is InChI=1S/C14H11NO3S/c16-13(8-7-12-2-1-9-19-12)15-11-5-3-10(4-6-11)14(17)18/h1-9H,(H,15,16)(H,17,18)/b8-7+. The fourth-order valence-corrected chi connectivity index (χ4v) is 2.04. The highest BCUT2D eigenvalue weighted by Gasteiger charge is 2.02. The number of hydrogen-bond acceptors (Lipinski definition) is 3. The number of nitrogens with one attached hydrogen (secondary N) is 1. The van der Waals surface area contributed by atoms with Gasteiger partial charge in [0, 0.05) is 16.6 Å². The molecule has 2 N–H and O–H groups in total. The predicted octanol–water partition coefficient (Wildman–Crippen LogP) is 3.10. The van der Waals surface area contributed by atoms with Crippen LogP contribution in [0.25, 0.3) is 6.08 Å². The maximum absolute atomic E-state index is 11.6. The van der Waals surface area contributed by atoms with Crippen molar-refractivity contribution in [2.75, 3.05) is 5.32 Å². The van der Waals surface area contributed by atoms with Crippen molar-refractivity contribution in [3.8, 4) is 0 Å². The van der Waals surface area contributed by atoms with Gasteiger partial charge >= 0.3 is 5.97 Å². The molecule has 0 saturated heterocycles. The number of rotatable bonds is 4. The molecular formula is C14H11NO3S. The van der Waals surface area contributed by atoms with Crippen molar-refractivity contribution in [2.24, 2.45) is 0 Å². The summed E-state index contributed by atoms with van der Waals surface area (Å²) >= 11 is 1.54. The topological polar surface area (TPSA) is 66.4 Å². The van der Waals surface area contributed by atoms with E-state index in [9.17, 15) is 9.59 Å². The molecule has 0 unspecified atom stereocenters. The molecule has 1 heterocycles. The van der Waals surface area contributed by atoms with Crippen LogP contribution in [0.5, 0.6) is 0 Å². The van der Waals surface area contributed by atoms with E-state index < -0.39 is 5.97 Å². The first-order valence-corrected chi connectivity index (χ1v) is 6.39. The van der Waals surface area contributed by atoms with Crippen molar-refractivity contribution in [2.45, 2.75) is 0 Å². The lowest BCUT2D eigenvalue weighted by Crippen LogP contribution is -2.07. The number of carboxylic acid groups (broad SMARTS) is 1. The Bertz CT molecular complexity index is 600. The molecule has 0 bridgehead atoms. The van der Waals surface area contributed by atoms with Crippen molar-refractivity contribution in [1.82, 2.24) is 0 Å². The quantitative estimate of drug-likeness (QED) is 0.841. The van der Waals surface area contributed by atoms with Crippen molar-refractivity contribution < 1.29 is 14.7 Å². The van der Waals surface area contributed by atoms with Gasteiger partial charge in [0.15, 0.2) is 0 Å². The first-order valence-electron chi connectivity index (χ1n) is 5.51. The molecule has 0 aliphatic rings. The van der Waals surface area contributed by atoms with Crippen LogP contribution in [-0.2, 0) is 4.79 Å². The average Bonchev–Trinajstić information content (AvgIpc) is 2.90. The second kappa shape index (κ2) is 5.97. The van der Waals surface area contributed by atoms with Crippen LogP contribution in [0.1, 0.15) is 15.2 Å². The Balaban J connectivity index is 1.97. The molecule has 2 rings (SSSR count). The molecule has 4 nitrogen and oxygen atoms in total. The van der Waals surface area contributed by atoms with Crippen molar-refractivity contribution >= 4 is 35.0 Å². The van der Waals surface area contributed by atoms with Gasteiger partial charge in [-0.2, -0.15) is 0 Å². The van der Waals surface area contributed by atoms with E-state index >= 15 is 0 Å². The second-order valence-electron chi connectivity index (χ2n) is 3.72. The van der Waals surface area contributed by atoms with Crippen LogP contribution in [0.3, 0.4) is 0 Å². The predicted molar refractivity (Wildman–Crippen MR) is 75.4 cm³/mol. The van der Waals surface area contributed by atoms with Crippen molar-refractivity contribution in [1.29, 1.82) is 0 Å². The molecule has 1 aromatic carbocycles. The molecule has 0 fully saturated rings. The van der Waals surface area contributed by atoms with Gasteiger partial charge in [0.1, 0.15) is 0 Å². The Labute approximate surface area is 114 Å². The van der Waals surface area contributed by atoms with Crippen LogP contribution in [0.15, 0.2) is 47.9 Å². The Morgan fingerprint density at radius 3 is 2.47 bits per heavy atom. The van der Waals surface area contributed by atoms with Gasteiger partial charge in [-0.3, -0.25) is 4.79 Å². The molecule has 0 atom stereocenters. The largest absolute Gasteiger partial charge is 0.478 e. The maximum atomic E-state index is 11.6. The summed E-state index contributed by atoms with van der Waals surface area (Å²) in [7, 11) is 0. The Kier molecular flexibility index (Phi) is 4.10. The maximum Gasteiger partial charge on any atom is 0.335 e. The number of aromatic carboxylic acids is 1. The number of thiophene rings is 1. The molecule has 0 aliphatic heterocycles. The van der Waals surface area contributed by atoms with E-state index in [1.165, 1.54) is 18.2 Å². The summed E-state index contributed by atoms with van der Waals surface area (Å²) in [5.74, 6) is -1.24. The zero-order valence-corrected chi connectivity index (χ0v) is 10.7. The molecule has 0 saturated carbocycles. The second-order valence-corrected chi connectivity index (χ2v) is 4.70. The van der Waals surface area contributed by atoms with E-state index in [2.05, 4.69) is 5.32 Å². The first kappa shape index (κ1) is 13.0. The third-order valence-corrected chi connectivity index (χ3v) is 3.18. The monoisotopic (exact) mass is 273 g/mol. The molecule has 2 aromatic rings. The molecular weight excluding hydrogens is 262 g/mol. The first-order chi connectivity index (χ1) is 9.15. The van der Waals surface area contributed by atoms with Crippen LogP contribution in [0, 0.1) is 0 Å². The van der Waals surface area contributed by atoms with Crippen molar-refractivity contribution in [3.05, 3.63) is 58.3 Å². The molecule has 0 spiro atoms. The SMILES string of the molecule is O=C(/C=C/c1cccs1)Nc1ccc(C(=O)O)cc1. The zero-order chi connectivity index (χ0) is 13.7. The number of hydrogen-bond donors (Lipinski definition) is 2. The minimum absolute atomic E-state index is 0.187. The van der Waals surface area contributed by atoms with Gasteiger partial charge in [0.25, 0.3) is 0 Å². The van der Waals surface area contributed by atoms with Gasteiger partial charge in [-0.05, 0) is 41.8 Å². The number of amides is 1. The van der Waals surface area contributed by atoms with Gasteiger partial charge in [-0.15, -0.1) is 11.3 Å². The Morgan fingerprint density at radius 2 is 1.89 bits per heavy atom. The highest BCUT2D eigenvalue weighted by molar-refractivity contribution is 7.10. The summed E-state index contributed by atoms with van der Waals surface area (Å²) in [5, 5.41) is 13.3. The van der Waals surface area contributed by atoms with E-state index in [4.69, 9.17) is 5.11 Å². The minimum Gasteiger partial charge on any atom is -0.478 e. The number of carboxylic acids is 1. The Morgan fingerprint density at radius 1 is 1.16 bits per heavy atom. The van der Waals surface area contributed by atoms with E-state index in [1.807, 2.05) is 17.5 Å². The van der Waals surface area contributed by atoms with Gasteiger partial charge in [0.2, 0.25) is 5.91 Å². The molecule has 5 heteroatoms. The lowest BCUT2D eigenvalue weighted by molar-refractivity contribution is -0.111. The van der Waals surface area contributed by atoms with Gasteiger partial charge in [-0.1, -0.05) is 6.07 Å². The molecule has 1 amide bonds. The minimum atomic E-state index is -0.990. The fraction of sp³-hybridized carbons (Fsp3) is 0.